The largest absolute Gasteiger partial charge is 0.480 e. The number of nitrogens with one attached hydrogen (secondary N) is 2. The molecule has 1 rings (SSSR count). The summed E-state index contributed by atoms with van der Waals surface area (Å²) in [6, 6.07) is -1.26. The van der Waals surface area contributed by atoms with E-state index in [1.807, 2.05) is 0 Å². The molecule has 102 valence electrons. The van der Waals surface area contributed by atoms with Crippen LogP contribution in [0.4, 0.5) is 0 Å². The Morgan fingerprint density at radius 2 is 2.22 bits per heavy atom. The number of carboxylic acids is 1. The van der Waals surface area contributed by atoms with Crippen LogP contribution in [-0.4, -0.2) is 41.5 Å². The molecule has 0 aromatic heterocycles. The fraction of sp³-hybridized carbons (Fsp3) is 0.727. The minimum atomic E-state index is -1.01. The Hall–Kier alpha value is -1.63. The quantitative estimate of drug-likeness (QED) is 0.434. The van der Waals surface area contributed by atoms with Crippen LogP contribution in [0.15, 0.2) is 0 Å². The first-order chi connectivity index (χ1) is 8.50. The number of aliphatic carboxylic acids is 1. The molecule has 7 nitrogen and oxygen atoms in total. The molecule has 2 amide bonds. The molecular formula is C11H19N3O4. The van der Waals surface area contributed by atoms with Gasteiger partial charge in [0.1, 0.15) is 12.1 Å². The summed E-state index contributed by atoms with van der Waals surface area (Å²) in [6.45, 7) is 0.470. The molecule has 2 atom stereocenters. The average molecular weight is 257 g/mol. The van der Waals surface area contributed by atoms with Crippen molar-refractivity contribution in [1.82, 2.24) is 10.6 Å². The molecule has 18 heavy (non-hydrogen) atoms. The molecular weight excluding hydrogens is 238 g/mol. The summed E-state index contributed by atoms with van der Waals surface area (Å²) in [6.07, 6.45) is 2.64. The molecule has 1 aliphatic heterocycles. The number of carbonyl (C=O) groups is 3. The number of hydrogen-bond donors (Lipinski definition) is 4. The van der Waals surface area contributed by atoms with Crippen molar-refractivity contribution in [2.24, 2.45) is 5.73 Å². The highest BCUT2D eigenvalue weighted by Crippen LogP contribution is 2.06. The van der Waals surface area contributed by atoms with Crippen molar-refractivity contribution < 1.29 is 19.5 Å². The van der Waals surface area contributed by atoms with E-state index in [4.69, 9.17) is 10.8 Å². The lowest BCUT2D eigenvalue weighted by atomic mass is 10.1. The van der Waals surface area contributed by atoms with E-state index in [9.17, 15) is 14.4 Å². The lowest BCUT2D eigenvalue weighted by Crippen LogP contribution is -2.41. The monoisotopic (exact) mass is 257 g/mol. The fourth-order valence-corrected chi connectivity index (χ4v) is 1.76. The molecule has 1 aliphatic rings. The summed E-state index contributed by atoms with van der Waals surface area (Å²) in [4.78, 5) is 32.9. The fourth-order valence-electron chi connectivity index (χ4n) is 1.76. The van der Waals surface area contributed by atoms with Gasteiger partial charge in [-0.05, 0) is 25.7 Å². The van der Waals surface area contributed by atoms with Crippen molar-refractivity contribution in [2.45, 2.75) is 44.2 Å². The predicted octanol–water partition coefficient (Wildman–Crippen LogP) is -1.04. The molecule has 0 aliphatic carbocycles. The summed E-state index contributed by atoms with van der Waals surface area (Å²) in [5.74, 6) is -1.28. The zero-order valence-electron chi connectivity index (χ0n) is 10.1. The molecule has 7 heteroatoms. The van der Waals surface area contributed by atoms with Crippen LogP contribution in [0.3, 0.4) is 0 Å². The number of nitrogens with two attached hydrogens (primary N) is 1. The Balaban J connectivity index is 2.06. The number of carbonyl (C=O) groups excluding carboxylic acids is 2. The molecule has 1 fully saturated rings. The van der Waals surface area contributed by atoms with Crippen LogP contribution in [0.2, 0.25) is 0 Å². The number of unbranched alkanes of at least 4 members (excludes halogenated alkanes) is 1. The van der Waals surface area contributed by atoms with Crippen molar-refractivity contribution in [3.05, 3.63) is 0 Å². The van der Waals surface area contributed by atoms with Crippen LogP contribution in [0.25, 0.3) is 0 Å². The van der Waals surface area contributed by atoms with Crippen LogP contribution < -0.4 is 16.4 Å². The van der Waals surface area contributed by atoms with Crippen molar-refractivity contribution in [1.29, 1.82) is 0 Å². The predicted molar refractivity (Wildman–Crippen MR) is 63.6 cm³/mol. The molecule has 5 N–H and O–H groups in total. The highest BCUT2D eigenvalue weighted by molar-refractivity contribution is 5.90. The summed E-state index contributed by atoms with van der Waals surface area (Å²) in [7, 11) is 0. The molecule has 0 bridgehead atoms. The summed E-state index contributed by atoms with van der Waals surface area (Å²) < 4.78 is 0. The van der Waals surface area contributed by atoms with Crippen molar-refractivity contribution in [3.8, 4) is 0 Å². The maximum atomic E-state index is 11.6. The van der Waals surface area contributed by atoms with Gasteiger partial charge in [-0.3, -0.25) is 14.4 Å². The topological polar surface area (TPSA) is 122 Å². The molecule has 0 aromatic carbocycles. The van der Waals surface area contributed by atoms with Crippen molar-refractivity contribution >= 4 is 17.8 Å². The SMILES string of the molecule is NC(CCCCNC(=O)[C@@H]1CCC(=O)N1)C(=O)O. The second-order valence-corrected chi connectivity index (χ2v) is 4.39. The van der Waals surface area contributed by atoms with Crippen LogP contribution in [-0.2, 0) is 14.4 Å². The third kappa shape index (κ3) is 4.70. The zero-order valence-corrected chi connectivity index (χ0v) is 10.1. The van der Waals surface area contributed by atoms with E-state index in [1.54, 1.807) is 0 Å². The highest BCUT2D eigenvalue weighted by Gasteiger charge is 2.26. The Morgan fingerprint density at radius 1 is 1.50 bits per heavy atom. The molecule has 1 unspecified atom stereocenters. The first kappa shape index (κ1) is 14.4. The summed E-state index contributed by atoms with van der Waals surface area (Å²) in [5.41, 5.74) is 5.34. The minimum absolute atomic E-state index is 0.0948. The number of rotatable bonds is 7. The molecule has 0 spiro atoms. The van der Waals surface area contributed by atoms with Gasteiger partial charge >= 0.3 is 5.97 Å². The van der Waals surface area contributed by atoms with Crippen LogP contribution in [0.1, 0.15) is 32.1 Å². The third-order valence-electron chi connectivity index (χ3n) is 2.87. The summed E-state index contributed by atoms with van der Waals surface area (Å²) in [5, 5.41) is 13.8. The van der Waals surface area contributed by atoms with Gasteiger partial charge in [-0.25, -0.2) is 0 Å². The van der Waals surface area contributed by atoms with Gasteiger partial charge in [0.2, 0.25) is 11.8 Å². The third-order valence-corrected chi connectivity index (χ3v) is 2.87. The lowest BCUT2D eigenvalue weighted by Gasteiger charge is -2.11. The Bertz CT molecular complexity index is 332. The standard InChI is InChI=1S/C11H19N3O4/c12-7(11(17)18)3-1-2-6-13-10(16)8-4-5-9(15)14-8/h7-8H,1-6,12H2,(H,13,16)(H,14,15)(H,17,18)/t7?,8-/m0/s1. The van der Waals surface area contributed by atoms with Gasteiger partial charge in [0.25, 0.3) is 0 Å². The number of carboxylic acid groups (broad SMARTS) is 1. The van der Waals surface area contributed by atoms with Crippen LogP contribution in [0.5, 0.6) is 0 Å². The maximum Gasteiger partial charge on any atom is 0.320 e. The van der Waals surface area contributed by atoms with E-state index in [1.165, 1.54) is 0 Å². The number of hydrogen-bond acceptors (Lipinski definition) is 4. The van der Waals surface area contributed by atoms with Crippen molar-refractivity contribution in [3.63, 3.8) is 0 Å². The lowest BCUT2D eigenvalue weighted by molar-refractivity contribution is -0.138. The molecule has 0 saturated carbocycles. The zero-order chi connectivity index (χ0) is 13.5. The molecule has 1 heterocycles. The Morgan fingerprint density at radius 3 is 2.78 bits per heavy atom. The van der Waals surface area contributed by atoms with E-state index in [0.717, 1.165) is 0 Å². The van der Waals surface area contributed by atoms with E-state index < -0.39 is 18.1 Å². The van der Waals surface area contributed by atoms with Gasteiger partial charge in [-0.2, -0.15) is 0 Å². The average Bonchev–Trinajstić information content (AvgIpc) is 2.74. The Labute approximate surface area is 105 Å². The Kier molecular flexibility index (Phi) is 5.57. The first-order valence-corrected chi connectivity index (χ1v) is 6.06. The highest BCUT2D eigenvalue weighted by atomic mass is 16.4. The number of amides is 2. The van der Waals surface area contributed by atoms with Crippen molar-refractivity contribution in [2.75, 3.05) is 6.54 Å². The smallest absolute Gasteiger partial charge is 0.320 e. The normalized spacial score (nSPS) is 20.3. The van der Waals surface area contributed by atoms with Gasteiger partial charge < -0.3 is 21.5 Å². The van der Waals surface area contributed by atoms with E-state index in [-0.39, 0.29) is 11.8 Å². The van der Waals surface area contributed by atoms with E-state index in [2.05, 4.69) is 10.6 Å². The van der Waals surface area contributed by atoms with Gasteiger partial charge in [0.05, 0.1) is 0 Å². The van der Waals surface area contributed by atoms with E-state index in [0.29, 0.717) is 38.6 Å². The molecule has 0 radical (unpaired) electrons. The van der Waals surface area contributed by atoms with E-state index >= 15 is 0 Å². The van der Waals surface area contributed by atoms with Crippen LogP contribution in [0, 0.1) is 0 Å². The minimum Gasteiger partial charge on any atom is -0.480 e. The van der Waals surface area contributed by atoms with Crippen LogP contribution >= 0.6 is 0 Å². The second kappa shape index (κ2) is 6.95. The van der Waals surface area contributed by atoms with Gasteiger partial charge in [-0.1, -0.05) is 0 Å². The van der Waals surface area contributed by atoms with Gasteiger partial charge in [-0.15, -0.1) is 0 Å². The molecule has 0 aromatic rings. The first-order valence-electron chi connectivity index (χ1n) is 6.06. The van der Waals surface area contributed by atoms with Gasteiger partial charge in [0, 0.05) is 13.0 Å². The maximum absolute atomic E-state index is 11.6. The second-order valence-electron chi connectivity index (χ2n) is 4.39. The summed E-state index contributed by atoms with van der Waals surface area (Å²) >= 11 is 0. The molecule has 1 saturated heterocycles. The van der Waals surface area contributed by atoms with Gasteiger partial charge in [0.15, 0.2) is 0 Å².